The summed E-state index contributed by atoms with van der Waals surface area (Å²) in [5.74, 6) is 1.44. The molecule has 14 heteroatoms. The van der Waals surface area contributed by atoms with Gasteiger partial charge in [-0.05, 0) is 84.5 Å². The van der Waals surface area contributed by atoms with Crippen LogP contribution in [0.2, 0.25) is 10.0 Å². The third-order valence-corrected chi connectivity index (χ3v) is 11.3. The van der Waals surface area contributed by atoms with Crippen LogP contribution < -0.4 is 20.3 Å². The highest BCUT2D eigenvalue weighted by Gasteiger charge is 2.41. The molecular formula is C48H47Cl2N5O7. The molecule has 0 saturated heterocycles. The zero-order valence-corrected chi connectivity index (χ0v) is 36.1. The number of H-pyrrole nitrogens is 1. The predicted molar refractivity (Wildman–Crippen MR) is 239 cm³/mol. The van der Waals surface area contributed by atoms with Crippen LogP contribution in [0.5, 0.6) is 11.5 Å². The lowest BCUT2D eigenvalue weighted by molar-refractivity contribution is -0.0132. The number of methoxy groups -OCH3 is 2. The molecule has 0 bridgehead atoms. The summed E-state index contributed by atoms with van der Waals surface area (Å²) in [4.78, 5) is 37.2. The summed E-state index contributed by atoms with van der Waals surface area (Å²) in [7, 11) is 3.28. The molecule has 0 saturated carbocycles. The number of nitrogens with zero attached hydrogens (tertiary/aromatic N) is 3. The van der Waals surface area contributed by atoms with Crippen LogP contribution in [0.3, 0.4) is 0 Å². The van der Waals surface area contributed by atoms with E-state index in [4.69, 9.17) is 46.9 Å². The van der Waals surface area contributed by atoms with E-state index in [9.17, 15) is 9.59 Å². The molecule has 5 aromatic carbocycles. The Balaban J connectivity index is 1.18. The van der Waals surface area contributed by atoms with Gasteiger partial charge in [-0.1, -0.05) is 109 Å². The maximum atomic E-state index is 14.1. The maximum Gasteiger partial charge on any atom is 0.408 e. The van der Waals surface area contributed by atoms with Crippen LogP contribution in [0, 0.1) is 0 Å². The summed E-state index contributed by atoms with van der Waals surface area (Å²) < 4.78 is 32.6. The van der Waals surface area contributed by atoms with Gasteiger partial charge in [-0.15, -0.1) is 0 Å². The van der Waals surface area contributed by atoms with Gasteiger partial charge < -0.3 is 34.0 Å². The minimum atomic E-state index is -1.31. The molecule has 320 valence electrons. The number of ether oxygens (including phenoxy) is 5. The number of imidazole rings is 1. The summed E-state index contributed by atoms with van der Waals surface area (Å²) in [6, 6.07) is 40.3. The van der Waals surface area contributed by atoms with Crippen molar-refractivity contribution in [3.63, 3.8) is 0 Å². The van der Waals surface area contributed by atoms with Crippen molar-refractivity contribution in [1.82, 2.24) is 24.8 Å². The van der Waals surface area contributed by atoms with Gasteiger partial charge in [0.05, 0.1) is 33.0 Å². The van der Waals surface area contributed by atoms with Crippen LogP contribution in [0.15, 0.2) is 145 Å². The van der Waals surface area contributed by atoms with Gasteiger partial charge in [0.2, 0.25) is 0 Å². The molecule has 1 atom stereocenters. The molecule has 0 aliphatic carbocycles. The molecule has 62 heavy (non-hydrogen) atoms. The second-order valence-electron chi connectivity index (χ2n) is 14.5. The lowest BCUT2D eigenvalue weighted by atomic mass is 9.79. The Labute approximate surface area is 369 Å². The van der Waals surface area contributed by atoms with Gasteiger partial charge in [0.1, 0.15) is 23.8 Å². The van der Waals surface area contributed by atoms with Crippen molar-refractivity contribution in [1.29, 1.82) is 0 Å². The maximum absolute atomic E-state index is 14.1. The van der Waals surface area contributed by atoms with E-state index in [0.29, 0.717) is 46.1 Å². The van der Waals surface area contributed by atoms with E-state index in [1.54, 1.807) is 43.1 Å². The fraction of sp³-hybridized carbons (Fsp3) is 0.250. The van der Waals surface area contributed by atoms with E-state index >= 15 is 0 Å². The standard InChI is InChI=1S/C48H47Cl2N5O7/c1-4-40(60-32-55-31-54-43-44(55)52-30-53-45(43)56)29-51-46(57)62-47(33-11-19-38(49)20-12-33,34-13-21-39(50)22-14-34)27-8-28-61-48(35-9-6-5-7-10-35,36-15-23-41(58-2)24-16-36)37-17-25-42(59-3)26-18-37/h5-7,9-26,30-31,40H,4,8,27-29,32H2,1-3H3,(H,51,57)(H,52,53,56)/t40-/m0/s1. The number of alkyl carbamates (subject to hydrolysis) is 1. The molecule has 0 fully saturated rings. The Bertz CT molecular complexity index is 2490. The largest absolute Gasteiger partial charge is 0.497 e. The highest BCUT2D eigenvalue weighted by molar-refractivity contribution is 6.30. The van der Waals surface area contributed by atoms with Gasteiger partial charge in [0, 0.05) is 34.3 Å². The Morgan fingerprint density at radius 2 is 1.31 bits per heavy atom. The molecule has 12 nitrogen and oxygen atoms in total. The number of nitrogens with one attached hydrogen (secondary N) is 2. The first-order valence-corrected chi connectivity index (χ1v) is 20.9. The first kappa shape index (κ1) is 43.9. The van der Waals surface area contributed by atoms with Crippen molar-refractivity contribution in [2.75, 3.05) is 27.4 Å². The van der Waals surface area contributed by atoms with Crippen molar-refractivity contribution in [3.05, 3.63) is 188 Å². The Kier molecular flexibility index (Phi) is 14.3. The lowest BCUT2D eigenvalue weighted by Gasteiger charge is -2.38. The van der Waals surface area contributed by atoms with Crippen LogP contribution in [-0.2, 0) is 32.1 Å². The van der Waals surface area contributed by atoms with Crippen LogP contribution in [-0.4, -0.2) is 59.1 Å². The minimum Gasteiger partial charge on any atom is -0.497 e. The van der Waals surface area contributed by atoms with Crippen molar-refractivity contribution in [2.24, 2.45) is 0 Å². The average molecular weight is 877 g/mol. The fourth-order valence-corrected chi connectivity index (χ4v) is 7.82. The van der Waals surface area contributed by atoms with Crippen molar-refractivity contribution in [2.45, 2.75) is 50.2 Å². The molecule has 0 unspecified atom stereocenters. The van der Waals surface area contributed by atoms with Crippen LogP contribution >= 0.6 is 23.2 Å². The molecule has 0 spiro atoms. The third-order valence-electron chi connectivity index (χ3n) is 10.8. The van der Waals surface area contributed by atoms with Gasteiger partial charge in [-0.3, -0.25) is 9.36 Å². The lowest BCUT2D eigenvalue weighted by Crippen LogP contribution is -2.41. The summed E-state index contributed by atoms with van der Waals surface area (Å²) in [5, 5.41) is 4.01. The van der Waals surface area contributed by atoms with Crippen molar-refractivity contribution < 1.29 is 28.5 Å². The van der Waals surface area contributed by atoms with E-state index < -0.39 is 23.4 Å². The number of aromatic nitrogens is 4. The van der Waals surface area contributed by atoms with Crippen LogP contribution in [0.25, 0.3) is 11.2 Å². The second-order valence-corrected chi connectivity index (χ2v) is 15.4. The zero-order chi connectivity index (χ0) is 43.5. The van der Waals surface area contributed by atoms with Crippen LogP contribution in [0.1, 0.15) is 54.0 Å². The number of amides is 1. The smallest absolute Gasteiger partial charge is 0.408 e. The number of aromatic amines is 1. The third kappa shape index (κ3) is 9.64. The van der Waals surface area contributed by atoms with Gasteiger partial charge >= 0.3 is 6.09 Å². The van der Waals surface area contributed by atoms with Gasteiger partial charge in [-0.25, -0.2) is 14.8 Å². The van der Waals surface area contributed by atoms with Crippen molar-refractivity contribution >= 4 is 40.5 Å². The molecule has 2 aromatic heterocycles. The van der Waals surface area contributed by atoms with E-state index in [1.165, 1.54) is 12.7 Å². The Hall–Kier alpha value is -6.18. The number of carbonyl (C=O) groups is 1. The summed E-state index contributed by atoms with van der Waals surface area (Å²) >= 11 is 12.8. The van der Waals surface area contributed by atoms with E-state index in [1.807, 2.05) is 97.9 Å². The topological polar surface area (TPSA) is 139 Å². The minimum absolute atomic E-state index is 0.0686. The number of hydrogen-bond donors (Lipinski definition) is 2. The number of fused-ring (bicyclic) bond motifs is 1. The number of carbonyl (C=O) groups excluding carboxylic acids is 1. The number of benzene rings is 5. The van der Waals surface area contributed by atoms with Gasteiger partial charge in [0.25, 0.3) is 5.56 Å². The molecule has 7 rings (SSSR count). The molecule has 1 amide bonds. The summed E-state index contributed by atoms with van der Waals surface area (Å²) in [6.45, 7) is 2.40. The second kappa shape index (κ2) is 20.1. The summed E-state index contributed by atoms with van der Waals surface area (Å²) in [6.07, 6.45) is 3.08. The zero-order valence-electron chi connectivity index (χ0n) is 34.6. The van der Waals surface area contributed by atoms with Gasteiger partial charge in [-0.2, -0.15) is 0 Å². The molecule has 0 aliphatic rings. The van der Waals surface area contributed by atoms with Crippen LogP contribution in [0.4, 0.5) is 4.79 Å². The van der Waals surface area contributed by atoms with E-state index in [-0.39, 0.29) is 31.0 Å². The first-order valence-electron chi connectivity index (χ1n) is 20.2. The number of rotatable bonds is 19. The molecular weight excluding hydrogens is 829 g/mol. The molecule has 0 radical (unpaired) electrons. The molecule has 7 aromatic rings. The summed E-state index contributed by atoms with van der Waals surface area (Å²) in [5.41, 5.74) is 2.03. The quantitative estimate of drug-likeness (QED) is 0.0601. The first-order chi connectivity index (χ1) is 30.2. The van der Waals surface area contributed by atoms with E-state index in [2.05, 4.69) is 32.4 Å². The molecule has 2 heterocycles. The van der Waals surface area contributed by atoms with E-state index in [0.717, 1.165) is 28.2 Å². The number of halogens is 2. The predicted octanol–water partition coefficient (Wildman–Crippen LogP) is 9.66. The molecule has 0 aliphatic heterocycles. The molecule has 2 N–H and O–H groups in total. The highest BCUT2D eigenvalue weighted by atomic mass is 35.5. The monoisotopic (exact) mass is 875 g/mol. The Morgan fingerprint density at radius 3 is 1.85 bits per heavy atom. The van der Waals surface area contributed by atoms with Crippen molar-refractivity contribution in [3.8, 4) is 11.5 Å². The SMILES string of the molecule is CC[C@@H](CNC(=O)OC(CCCOC(c1ccccc1)(c1ccc(OC)cc1)c1ccc(OC)cc1)(c1ccc(Cl)cc1)c1ccc(Cl)cc1)OCn1cnc2c(=O)[nH]cnc21. The number of hydrogen-bond acceptors (Lipinski definition) is 9. The Morgan fingerprint density at radius 1 is 0.758 bits per heavy atom. The normalized spacial score (nSPS) is 12.2. The highest BCUT2D eigenvalue weighted by Crippen LogP contribution is 2.44. The average Bonchev–Trinajstić information content (AvgIpc) is 3.74. The fourth-order valence-electron chi connectivity index (χ4n) is 7.57. The van der Waals surface area contributed by atoms with Gasteiger partial charge in [0.15, 0.2) is 16.8 Å².